The molecule has 0 spiro atoms. The summed E-state index contributed by atoms with van der Waals surface area (Å²) >= 11 is 1.70. The van der Waals surface area contributed by atoms with Gasteiger partial charge in [0.25, 0.3) is 5.78 Å². The Hall–Kier alpha value is -2.28. The van der Waals surface area contributed by atoms with Crippen molar-refractivity contribution in [3.05, 3.63) is 46.2 Å². The normalized spacial score (nSPS) is 11.3. The number of rotatable bonds is 6. The Morgan fingerprint density at radius 1 is 1.38 bits per heavy atom. The highest BCUT2D eigenvalue weighted by Crippen LogP contribution is 2.19. The second-order valence-corrected chi connectivity index (χ2v) is 7.34. The Bertz CT molecular complexity index is 838. The quantitative estimate of drug-likeness (QED) is 0.690. The first-order valence-corrected chi connectivity index (χ1v) is 8.86. The first-order chi connectivity index (χ1) is 11.5. The summed E-state index contributed by atoms with van der Waals surface area (Å²) in [6.07, 6.45) is 5.29. The molecule has 24 heavy (non-hydrogen) atoms. The first kappa shape index (κ1) is 16.6. The lowest BCUT2D eigenvalue weighted by molar-refractivity contribution is -0.131. The average molecular weight is 343 g/mol. The maximum absolute atomic E-state index is 12.8. The third-order valence-electron chi connectivity index (χ3n) is 3.78. The highest BCUT2D eigenvalue weighted by molar-refractivity contribution is 7.10. The van der Waals surface area contributed by atoms with Crippen molar-refractivity contribution in [2.75, 3.05) is 6.54 Å². The predicted molar refractivity (Wildman–Crippen MR) is 93.8 cm³/mol. The molecule has 0 saturated heterocycles. The van der Waals surface area contributed by atoms with Gasteiger partial charge in [-0.25, -0.2) is 9.50 Å². The van der Waals surface area contributed by atoms with Crippen LogP contribution in [-0.4, -0.2) is 36.9 Å². The van der Waals surface area contributed by atoms with Gasteiger partial charge in [-0.1, -0.05) is 13.8 Å². The third kappa shape index (κ3) is 3.79. The van der Waals surface area contributed by atoms with Crippen LogP contribution in [0, 0.1) is 12.8 Å². The van der Waals surface area contributed by atoms with Crippen molar-refractivity contribution in [3.8, 4) is 0 Å². The van der Waals surface area contributed by atoms with Crippen molar-refractivity contribution < 1.29 is 4.79 Å². The van der Waals surface area contributed by atoms with Gasteiger partial charge >= 0.3 is 0 Å². The Kier molecular flexibility index (Phi) is 4.89. The highest BCUT2D eigenvalue weighted by atomic mass is 32.1. The number of carbonyl (C=O) groups excluding carboxylic acids is 1. The molecule has 7 heteroatoms. The van der Waals surface area contributed by atoms with E-state index in [9.17, 15) is 4.79 Å². The largest absolute Gasteiger partial charge is 0.337 e. The fourth-order valence-electron chi connectivity index (χ4n) is 2.57. The molecule has 0 aliphatic heterocycles. The molecule has 0 aliphatic carbocycles. The molecule has 0 bridgehead atoms. The number of hydrogen-bond donors (Lipinski definition) is 0. The van der Waals surface area contributed by atoms with Crippen molar-refractivity contribution in [1.29, 1.82) is 0 Å². The summed E-state index contributed by atoms with van der Waals surface area (Å²) in [5.74, 6) is 1.07. The lowest BCUT2D eigenvalue weighted by atomic mass is 10.1. The van der Waals surface area contributed by atoms with Crippen LogP contribution in [0.1, 0.15) is 29.9 Å². The molecule has 0 fully saturated rings. The molecule has 3 aromatic rings. The van der Waals surface area contributed by atoms with E-state index in [-0.39, 0.29) is 5.91 Å². The standard InChI is InChI=1S/C17H21N5OS/c1-12(2)8-21(10-15-13(3)4-5-24-15)16(23)6-14-7-18-17-19-11-20-22(17)9-14/h4-5,7,9,11-12H,6,8,10H2,1-3H3. The van der Waals surface area contributed by atoms with Crippen LogP contribution in [0.5, 0.6) is 0 Å². The molecule has 3 rings (SSSR count). The summed E-state index contributed by atoms with van der Waals surface area (Å²) < 4.78 is 1.60. The van der Waals surface area contributed by atoms with E-state index in [0.717, 1.165) is 12.1 Å². The molecule has 0 radical (unpaired) electrons. The van der Waals surface area contributed by atoms with Gasteiger partial charge in [-0.2, -0.15) is 10.1 Å². The summed E-state index contributed by atoms with van der Waals surface area (Å²) in [6, 6.07) is 2.10. The van der Waals surface area contributed by atoms with Gasteiger partial charge in [0.05, 0.1) is 13.0 Å². The Morgan fingerprint density at radius 2 is 2.21 bits per heavy atom. The molecule has 1 amide bonds. The number of thiophene rings is 1. The van der Waals surface area contributed by atoms with Gasteiger partial charge in [0.2, 0.25) is 5.91 Å². The minimum Gasteiger partial charge on any atom is -0.337 e. The second-order valence-electron chi connectivity index (χ2n) is 6.34. The Morgan fingerprint density at radius 3 is 2.92 bits per heavy atom. The maximum atomic E-state index is 12.8. The van der Waals surface area contributed by atoms with E-state index in [4.69, 9.17) is 0 Å². The smallest absolute Gasteiger partial charge is 0.252 e. The molecular weight excluding hydrogens is 322 g/mol. The van der Waals surface area contributed by atoms with Gasteiger partial charge in [0.15, 0.2) is 0 Å². The van der Waals surface area contributed by atoms with Crippen molar-refractivity contribution in [2.45, 2.75) is 33.7 Å². The van der Waals surface area contributed by atoms with Crippen molar-refractivity contribution in [1.82, 2.24) is 24.5 Å². The number of amides is 1. The van der Waals surface area contributed by atoms with Crippen LogP contribution in [0.25, 0.3) is 5.78 Å². The summed E-state index contributed by atoms with van der Waals surface area (Å²) in [5.41, 5.74) is 2.09. The SMILES string of the molecule is Cc1ccsc1CN(CC(C)C)C(=O)Cc1cnc2ncnn2c1. The van der Waals surface area contributed by atoms with E-state index in [0.29, 0.717) is 24.7 Å². The number of aryl methyl sites for hydroxylation is 1. The maximum Gasteiger partial charge on any atom is 0.252 e. The van der Waals surface area contributed by atoms with Gasteiger partial charge in [-0.3, -0.25) is 4.79 Å². The van der Waals surface area contributed by atoms with E-state index in [1.54, 1.807) is 22.0 Å². The van der Waals surface area contributed by atoms with Gasteiger partial charge in [-0.05, 0) is 35.4 Å². The van der Waals surface area contributed by atoms with Crippen LogP contribution in [0.15, 0.2) is 30.2 Å². The van der Waals surface area contributed by atoms with E-state index >= 15 is 0 Å². The van der Waals surface area contributed by atoms with Gasteiger partial charge in [0.1, 0.15) is 6.33 Å². The minimum atomic E-state index is 0.109. The van der Waals surface area contributed by atoms with E-state index in [1.807, 2.05) is 11.1 Å². The molecule has 0 aromatic carbocycles. The zero-order valence-electron chi connectivity index (χ0n) is 14.1. The molecule has 0 unspecified atom stereocenters. The summed E-state index contributed by atoms with van der Waals surface area (Å²) in [7, 11) is 0. The predicted octanol–water partition coefficient (Wildman–Crippen LogP) is 2.72. The Balaban J connectivity index is 1.75. The third-order valence-corrected chi connectivity index (χ3v) is 4.79. The zero-order valence-corrected chi connectivity index (χ0v) is 15.0. The van der Waals surface area contributed by atoms with E-state index in [2.05, 4.69) is 47.3 Å². The fourth-order valence-corrected chi connectivity index (χ4v) is 3.49. The lowest BCUT2D eigenvalue weighted by Crippen LogP contribution is -2.34. The average Bonchev–Trinajstić information content (AvgIpc) is 3.15. The van der Waals surface area contributed by atoms with Crippen LogP contribution >= 0.6 is 11.3 Å². The van der Waals surface area contributed by atoms with Crippen LogP contribution < -0.4 is 0 Å². The molecule has 6 nitrogen and oxygen atoms in total. The molecule has 0 N–H and O–H groups in total. The highest BCUT2D eigenvalue weighted by Gasteiger charge is 2.18. The topological polar surface area (TPSA) is 63.4 Å². The monoisotopic (exact) mass is 343 g/mol. The molecule has 3 aromatic heterocycles. The van der Waals surface area contributed by atoms with Crippen molar-refractivity contribution >= 4 is 23.0 Å². The van der Waals surface area contributed by atoms with Crippen LogP contribution in [0.3, 0.4) is 0 Å². The summed E-state index contributed by atoms with van der Waals surface area (Å²) in [6.45, 7) is 7.76. The fraction of sp³-hybridized carbons (Fsp3) is 0.412. The van der Waals surface area contributed by atoms with Crippen molar-refractivity contribution in [2.24, 2.45) is 5.92 Å². The van der Waals surface area contributed by atoms with Gasteiger partial charge < -0.3 is 4.90 Å². The number of nitrogens with zero attached hydrogens (tertiary/aromatic N) is 5. The van der Waals surface area contributed by atoms with Gasteiger partial charge in [0, 0.05) is 23.8 Å². The first-order valence-electron chi connectivity index (χ1n) is 7.98. The van der Waals surface area contributed by atoms with E-state index in [1.165, 1.54) is 16.8 Å². The van der Waals surface area contributed by atoms with Crippen molar-refractivity contribution in [3.63, 3.8) is 0 Å². The minimum absolute atomic E-state index is 0.109. The number of fused-ring (bicyclic) bond motifs is 1. The number of aromatic nitrogens is 4. The molecule has 0 atom stereocenters. The van der Waals surface area contributed by atoms with Crippen LogP contribution in [0.4, 0.5) is 0 Å². The lowest BCUT2D eigenvalue weighted by Gasteiger charge is -2.24. The number of hydrogen-bond acceptors (Lipinski definition) is 5. The van der Waals surface area contributed by atoms with Crippen LogP contribution in [0.2, 0.25) is 0 Å². The molecule has 3 heterocycles. The van der Waals surface area contributed by atoms with Crippen LogP contribution in [-0.2, 0) is 17.8 Å². The zero-order chi connectivity index (χ0) is 17.1. The number of carbonyl (C=O) groups is 1. The van der Waals surface area contributed by atoms with Gasteiger partial charge in [-0.15, -0.1) is 11.3 Å². The second kappa shape index (κ2) is 7.09. The summed E-state index contributed by atoms with van der Waals surface area (Å²) in [5, 5.41) is 6.15. The molecular formula is C17H21N5OS. The molecule has 126 valence electrons. The summed E-state index contributed by atoms with van der Waals surface area (Å²) in [4.78, 5) is 24.2. The molecule has 0 aliphatic rings. The van der Waals surface area contributed by atoms with E-state index < -0.39 is 0 Å². The Labute approximate surface area is 145 Å². The molecule has 0 saturated carbocycles.